The van der Waals surface area contributed by atoms with Gasteiger partial charge in [-0.3, -0.25) is 4.79 Å². The van der Waals surface area contributed by atoms with Crippen LogP contribution in [0.3, 0.4) is 0 Å². The molecule has 0 spiro atoms. The van der Waals surface area contributed by atoms with Gasteiger partial charge in [0.1, 0.15) is 12.4 Å². The molecular formula is C17H12F4N4O. The van der Waals surface area contributed by atoms with Crippen LogP contribution in [0.2, 0.25) is 0 Å². The smallest absolute Gasteiger partial charge is 0.311 e. The summed E-state index contributed by atoms with van der Waals surface area (Å²) in [6, 6.07) is 11.7. The van der Waals surface area contributed by atoms with Crippen molar-refractivity contribution in [2.75, 3.05) is 0 Å². The van der Waals surface area contributed by atoms with Crippen LogP contribution in [-0.2, 0) is 17.5 Å². The number of aromatic nitrogens is 2. The van der Waals surface area contributed by atoms with Gasteiger partial charge in [-0.15, -0.1) is 0 Å². The Bertz CT molecular complexity index is 978. The van der Waals surface area contributed by atoms with Gasteiger partial charge in [-0.1, -0.05) is 30.3 Å². The lowest BCUT2D eigenvalue weighted by Crippen LogP contribution is -2.26. The molecule has 1 aromatic heterocycles. The lowest BCUT2D eigenvalue weighted by atomic mass is 10.2. The molecule has 0 atom stereocenters. The standard InChI is InChI=1S/C17H12F4N4O/c18-12-6-2-1-5-11(12)9-22-24-15(26)10-25-14-8-4-3-7-13(14)23-16(25)17(19,20)21/h1-9H,10H2,(H,24,26). The quantitative estimate of drug-likeness (QED) is 0.439. The third-order valence-electron chi connectivity index (χ3n) is 3.51. The SMILES string of the molecule is O=C(Cn1c(C(F)(F)F)nc2ccccc21)NN=Cc1ccccc1F. The number of fused-ring (bicyclic) bond motifs is 1. The molecule has 0 fully saturated rings. The van der Waals surface area contributed by atoms with Gasteiger partial charge in [-0.25, -0.2) is 14.8 Å². The molecule has 0 radical (unpaired) electrons. The van der Waals surface area contributed by atoms with Crippen LogP contribution in [0.5, 0.6) is 0 Å². The van der Waals surface area contributed by atoms with Crippen molar-refractivity contribution in [1.29, 1.82) is 0 Å². The number of halogens is 4. The Hall–Kier alpha value is -3.23. The molecule has 9 heteroatoms. The maximum Gasteiger partial charge on any atom is 0.449 e. The number of para-hydroxylation sites is 2. The molecule has 0 bridgehead atoms. The molecule has 0 saturated heterocycles. The summed E-state index contributed by atoms with van der Waals surface area (Å²) >= 11 is 0. The second kappa shape index (κ2) is 6.95. The minimum Gasteiger partial charge on any atom is -0.311 e. The largest absolute Gasteiger partial charge is 0.449 e. The molecule has 1 heterocycles. The normalized spacial score (nSPS) is 12.0. The lowest BCUT2D eigenvalue weighted by molar-refractivity contribution is -0.147. The minimum atomic E-state index is -4.71. The van der Waals surface area contributed by atoms with Crippen molar-refractivity contribution < 1.29 is 22.4 Å². The average molecular weight is 364 g/mol. The summed E-state index contributed by atoms with van der Waals surface area (Å²) in [4.78, 5) is 15.5. The van der Waals surface area contributed by atoms with Crippen molar-refractivity contribution in [3.63, 3.8) is 0 Å². The fourth-order valence-electron chi connectivity index (χ4n) is 2.38. The van der Waals surface area contributed by atoms with Gasteiger partial charge in [0.2, 0.25) is 5.82 Å². The van der Waals surface area contributed by atoms with Gasteiger partial charge in [0.15, 0.2) is 0 Å². The third-order valence-corrected chi connectivity index (χ3v) is 3.51. The monoisotopic (exact) mass is 364 g/mol. The Morgan fingerprint density at radius 1 is 1.15 bits per heavy atom. The van der Waals surface area contributed by atoms with Gasteiger partial charge < -0.3 is 4.57 Å². The predicted octanol–water partition coefficient (Wildman–Crippen LogP) is 3.34. The number of nitrogens with one attached hydrogen (secondary N) is 1. The summed E-state index contributed by atoms with van der Waals surface area (Å²) in [7, 11) is 0. The fraction of sp³-hybridized carbons (Fsp3) is 0.118. The van der Waals surface area contributed by atoms with E-state index in [0.29, 0.717) is 0 Å². The molecule has 0 saturated carbocycles. The first-order chi connectivity index (χ1) is 12.4. The highest BCUT2D eigenvalue weighted by Crippen LogP contribution is 2.31. The molecule has 1 amide bonds. The van der Waals surface area contributed by atoms with Gasteiger partial charge in [-0.05, 0) is 18.2 Å². The Morgan fingerprint density at radius 2 is 1.85 bits per heavy atom. The van der Waals surface area contributed by atoms with Crippen LogP contribution in [0.25, 0.3) is 11.0 Å². The fourth-order valence-corrected chi connectivity index (χ4v) is 2.38. The number of benzene rings is 2. The first-order valence-corrected chi connectivity index (χ1v) is 7.45. The topological polar surface area (TPSA) is 59.3 Å². The number of rotatable bonds is 4. The van der Waals surface area contributed by atoms with Crippen LogP contribution in [0.15, 0.2) is 53.6 Å². The number of hydrogen-bond acceptors (Lipinski definition) is 3. The van der Waals surface area contributed by atoms with Crippen molar-refractivity contribution >= 4 is 23.2 Å². The zero-order valence-electron chi connectivity index (χ0n) is 13.2. The summed E-state index contributed by atoms with van der Waals surface area (Å²) in [5, 5.41) is 3.58. The van der Waals surface area contributed by atoms with Crippen molar-refractivity contribution in [3.05, 3.63) is 65.7 Å². The van der Waals surface area contributed by atoms with Crippen molar-refractivity contribution in [2.24, 2.45) is 5.10 Å². The van der Waals surface area contributed by atoms with E-state index in [2.05, 4.69) is 15.5 Å². The minimum absolute atomic E-state index is 0.127. The van der Waals surface area contributed by atoms with E-state index in [4.69, 9.17) is 0 Å². The molecule has 0 unspecified atom stereocenters. The van der Waals surface area contributed by atoms with Gasteiger partial charge in [0.05, 0.1) is 17.2 Å². The Balaban J connectivity index is 1.80. The summed E-state index contributed by atoms with van der Waals surface area (Å²) in [6.07, 6.45) is -3.64. The second-order valence-corrected chi connectivity index (χ2v) is 5.32. The van der Waals surface area contributed by atoms with E-state index in [9.17, 15) is 22.4 Å². The molecule has 3 rings (SSSR count). The maximum absolute atomic E-state index is 13.4. The molecule has 0 aliphatic rings. The highest BCUT2D eigenvalue weighted by molar-refractivity contribution is 5.84. The van der Waals surface area contributed by atoms with Crippen molar-refractivity contribution in [1.82, 2.24) is 15.0 Å². The molecule has 5 nitrogen and oxygen atoms in total. The second-order valence-electron chi connectivity index (χ2n) is 5.32. The van der Waals surface area contributed by atoms with E-state index < -0.39 is 30.3 Å². The van der Waals surface area contributed by atoms with Crippen LogP contribution < -0.4 is 5.43 Å². The third kappa shape index (κ3) is 3.71. The summed E-state index contributed by atoms with van der Waals surface area (Å²) in [6.45, 7) is -0.635. The lowest BCUT2D eigenvalue weighted by Gasteiger charge is -2.10. The number of hydrogen-bond donors (Lipinski definition) is 1. The Morgan fingerprint density at radius 3 is 2.58 bits per heavy atom. The molecule has 26 heavy (non-hydrogen) atoms. The zero-order valence-corrected chi connectivity index (χ0v) is 13.2. The average Bonchev–Trinajstić information content (AvgIpc) is 2.96. The predicted molar refractivity (Wildman–Crippen MR) is 86.9 cm³/mol. The maximum atomic E-state index is 13.4. The number of imidazole rings is 1. The van der Waals surface area contributed by atoms with Gasteiger partial charge in [-0.2, -0.15) is 18.3 Å². The van der Waals surface area contributed by atoms with Crippen LogP contribution >= 0.6 is 0 Å². The molecule has 0 aliphatic heterocycles. The first-order valence-electron chi connectivity index (χ1n) is 7.45. The van der Waals surface area contributed by atoms with E-state index in [0.717, 1.165) is 10.8 Å². The van der Waals surface area contributed by atoms with E-state index in [1.54, 1.807) is 18.2 Å². The van der Waals surface area contributed by atoms with Gasteiger partial charge in [0.25, 0.3) is 5.91 Å². The highest BCUT2D eigenvalue weighted by Gasteiger charge is 2.37. The van der Waals surface area contributed by atoms with E-state index in [1.165, 1.54) is 30.3 Å². The number of carbonyl (C=O) groups is 1. The van der Waals surface area contributed by atoms with E-state index in [-0.39, 0.29) is 16.6 Å². The van der Waals surface area contributed by atoms with Crippen LogP contribution in [0.1, 0.15) is 11.4 Å². The van der Waals surface area contributed by atoms with Crippen LogP contribution in [0, 0.1) is 5.82 Å². The first kappa shape index (κ1) is 17.6. The summed E-state index contributed by atoms with van der Waals surface area (Å²) in [5.74, 6) is -2.51. The molecule has 2 aromatic carbocycles. The number of hydrazone groups is 1. The van der Waals surface area contributed by atoms with E-state index >= 15 is 0 Å². The van der Waals surface area contributed by atoms with Crippen molar-refractivity contribution in [2.45, 2.75) is 12.7 Å². The highest BCUT2D eigenvalue weighted by atomic mass is 19.4. The van der Waals surface area contributed by atoms with Gasteiger partial charge in [0, 0.05) is 5.56 Å². The van der Waals surface area contributed by atoms with Gasteiger partial charge >= 0.3 is 6.18 Å². The summed E-state index contributed by atoms with van der Waals surface area (Å²) < 4.78 is 53.7. The number of alkyl halides is 3. The van der Waals surface area contributed by atoms with Crippen LogP contribution in [-0.4, -0.2) is 21.7 Å². The Labute approximate surface area is 145 Å². The molecule has 0 aliphatic carbocycles. The molecular weight excluding hydrogens is 352 g/mol. The number of nitrogens with zero attached hydrogens (tertiary/aromatic N) is 3. The molecule has 3 aromatic rings. The molecule has 134 valence electrons. The van der Waals surface area contributed by atoms with Crippen LogP contribution in [0.4, 0.5) is 17.6 Å². The van der Waals surface area contributed by atoms with Crippen molar-refractivity contribution in [3.8, 4) is 0 Å². The molecule has 1 N–H and O–H groups in total. The summed E-state index contributed by atoms with van der Waals surface area (Å²) in [5.41, 5.74) is 2.53. The Kier molecular flexibility index (Phi) is 4.70. The zero-order chi connectivity index (χ0) is 18.7. The number of amides is 1. The van der Waals surface area contributed by atoms with E-state index in [1.807, 2.05) is 0 Å². The number of carbonyl (C=O) groups excluding carboxylic acids is 1.